The van der Waals surface area contributed by atoms with Gasteiger partial charge in [-0.1, -0.05) is 24.3 Å². The molecule has 110 valence electrons. The normalized spacial score (nSPS) is 18.4. The minimum absolute atomic E-state index is 0.267. The number of thioether (sulfide) groups is 1. The summed E-state index contributed by atoms with van der Waals surface area (Å²) in [5, 5.41) is 13.6. The molecule has 2 amide bonds. The third-order valence-corrected chi connectivity index (χ3v) is 3.83. The summed E-state index contributed by atoms with van der Waals surface area (Å²) in [6.45, 7) is 0.872. The molecule has 7 heteroatoms. The van der Waals surface area contributed by atoms with Crippen molar-refractivity contribution in [3.05, 3.63) is 24.3 Å². The quantitative estimate of drug-likeness (QED) is 0.629. The molecule has 0 bridgehead atoms. The van der Waals surface area contributed by atoms with E-state index in [-0.39, 0.29) is 11.2 Å². The second kappa shape index (κ2) is 8.42. The number of carbonyl (C=O) groups is 3. The van der Waals surface area contributed by atoms with Gasteiger partial charge in [0.15, 0.2) is 0 Å². The molecule has 0 aliphatic heterocycles. The van der Waals surface area contributed by atoms with Crippen LogP contribution in [0.3, 0.4) is 0 Å². The number of hydrogen-bond donors (Lipinski definition) is 3. The molecule has 1 aliphatic carbocycles. The molecule has 0 aromatic carbocycles. The smallest absolute Gasteiger partial charge is 0.322 e. The summed E-state index contributed by atoms with van der Waals surface area (Å²) in [5.74, 6) is -1.52. The van der Waals surface area contributed by atoms with Crippen molar-refractivity contribution in [1.82, 2.24) is 10.6 Å². The number of carbonyl (C=O) groups excluding carboxylic acids is 2. The van der Waals surface area contributed by atoms with E-state index in [0.717, 1.165) is 6.42 Å². The fourth-order valence-electron chi connectivity index (χ4n) is 1.62. The predicted octanol–water partition coefficient (Wildman–Crippen LogP) is 0.310. The number of hydrogen-bond acceptors (Lipinski definition) is 4. The molecule has 1 aliphatic rings. The van der Waals surface area contributed by atoms with Crippen molar-refractivity contribution < 1.29 is 19.5 Å². The summed E-state index contributed by atoms with van der Waals surface area (Å²) in [5.41, 5.74) is 0. The summed E-state index contributed by atoms with van der Waals surface area (Å²) >= 11 is 1.55. The molecular formula is C13H18N2O4S. The number of carboxylic acids is 1. The highest BCUT2D eigenvalue weighted by Gasteiger charge is 2.21. The van der Waals surface area contributed by atoms with Crippen molar-refractivity contribution in [3.8, 4) is 0 Å². The van der Waals surface area contributed by atoms with Gasteiger partial charge in [0.1, 0.15) is 12.6 Å². The van der Waals surface area contributed by atoms with Gasteiger partial charge in [-0.3, -0.25) is 14.4 Å². The lowest BCUT2D eigenvalue weighted by atomic mass is 10.2. The van der Waals surface area contributed by atoms with Crippen molar-refractivity contribution in [2.75, 3.05) is 12.3 Å². The molecule has 1 unspecified atom stereocenters. The Morgan fingerprint density at radius 3 is 2.70 bits per heavy atom. The molecule has 1 rings (SSSR count). The van der Waals surface area contributed by atoms with Gasteiger partial charge in [-0.05, 0) is 6.42 Å². The zero-order chi connectivity index (χ0) is 15.0. The second-order valence-electron chi connectivity index (χ2n) is 4.29. The highest BCUT2D eigenvalue weighted by molar-refractivity contribution is 8.00. The second-order valence-corrected chi connectivity index (χ2v) is 5.56. The van der Waals surface area contributed by atoms with Gasteiger partial charge >= 0.3 is 5.97 Å². The first-order valence-electron chi connectivity index (χ1n) is 6.20. The predicted molar refractivity (Wildman–Crippen MR) is 77.4 cm³/mol. The van der Waals surface area contributed by atoms with Crippen LogP contribution in [0.1, 0.15) is 13.3 Å². The van der Waals surface area contributed by atoms with Crippen molar-refractivity contribution in [2.45, 2.75) is 24.6 Å². The Kier molecular flexibility index (Phi) is 6.86. The standard InChI is InChI=1S/C13H18N2O4S/c1-9(16)15-11(13(19)14-7-12(17)18)8-20-10-5-3-2-4-6-10/h2-5,10-11H,6-8H2,1H3,(H,14,19)(H,15,16)(H,17,18)/t10?,11-/m0/s1. The van der Waals surface area contributed by atoms with Crippen LogP contribution in [-0.4, -0.2) is 46.5 Å². The van der Waals surface area contributed by atoms with Crippen LogP contribution in [0.4, 0.5) is 0 Å². The Bertz CT molecular complexity index is 434. The molecule has 2 atom stereocenters. The summed E-state index contributed by atoms with van der Waals surface area (Å²) in [6.07, 6.45) is 8.85. The van der Waals surface area contributed by atoms with Gasteiger partial charge in [-0.2, -0.15) is 11.8 Å². The first kappa shape index (κ1) is 16.3. The van der Waals surface area contributed by atoms with E-state index >= 15 is 0 Å². The van der Waals surface area contributed by atoms with E-state index in [0.29, 0.717) is 5.75 Å². The molecule has 0 radical (unpaired) electrons. The highest BCUT2D eigenvalue weighted by atomic mass is 32.2. The third-order valence-electron chi connectivity index (χ3n) is 2.53. The molecule has 0 fully saturated rings. The molecule has 0 aromatic rings. The maximum atomic E-state index is 11.8. The Morgan fingerprint density at radius 1 is 1.40 bits per heavy atom. The van der Waals surface area contributed by atoms with Crippen LogP contribution in [0, 0.1) is 0 Å². The van der Waals surface area contributed by atoms with Crippen LogP contribution < -0.4 is 10.6 Å². The van der Waals surface area contributed by atoms with E-state index < -0.39 is 24.5 Å². The Morgan fingerprint density at radius 2 is 2.15 bits per heavy atom. The topological polar surface area (TPSA) is 95.5 Å². The van der Waals surface area contributed by atoms with E-state index in [1.165, 1.54) is 6.92 Å². The lowest BCUT2D eigenvalue weighted by molar-refractivity contribution is -0.138. The first-order valence-corrected chi connectivity index (χ1v) is 7.25. The Balaban J connectivity index is 2.47. The number of amides is 2. The minimum Gasteiger partial charge on any atom is -0.480 e. The van der Waals surface area contributed by atoms with Crippen LogP contribution >= 0.6 is 11.8 Å². The average molecular weight is 298 g/mol. The zero-order valence-corrected chi connectivity index (χ0v) is 12.0. The molecule has 3 N–H and O–H groups in total. The third kappa shape index (κ3) is 6.42. The molecule has 20 heavy (non-hydrogen) atoms. The van der Waals surface area contributed by atoms with E-state index in [9.17, 15) is 14.4 Å². The fraction of sp³-hybridized carbons (Fsp3) is 0.462. The lowest BCUT2D eigenvalue weighted by Crippen LogP contribution is -2.48. The maximum absolute atomic E-state index is 11.8. The monoisotopic (exact) mass is 298 g/mol. The van der Waals surface area contributed by atoms with Crippen LogP contribution in [-0.2, 0) is 14.4 Å². The molecule has 0 aromatic heterocycles. The van der Waals surface area contributed by atoms with Crippen LogP contribution in [0.25, 0.3) is 0 Å². The molecule has 0 saturated carbocycles. The van der Waals surface area contributed by atoms with Crippen molar-refractivity contribution in [3.63, 3.8) is 0 Å². The van der Waals surface area contributed by atoms with Crippen molar-refractivity contribution >= 4 is 29.5 Å². The minimum atomic E-state index is -1.12. The summed E-state index contributed by atoms with van der Waals surface area (Å²) in [7, 11) is 0. The van der Waals surface area contributed by atoms with Crippen molar-refractivity contribution in [1.29, 1.82) is 0 Å². The maximum Gasteiger partial charge on any atom is 0.322 e. The lowest BCUT2D eigenvalue weighted by Gasteiger charge is -2.19. The van der Waals surface area contributed by atoms with E-state index in [1.807, 2.05) is 24.3 Å². The fourth-order valence-corrected chi connectivity index (χ4v) is 2.74. The first-order chi connectivity index (χ1) is 9.49. The summed E-state index contributed by atoms with van der Waals surface area (Å²) < 4.78 is 0. The van der Waals surface area contributed by atoms with Gasteiger partial charge in [0.05, 0.1) is 0 Å². The van der Waals surface area contributed by atoms with Crippen LogP contribution in [0.15, 0.2) is 24.3 Å². The molecule has 0 spiro atoms. The van der Waals surface area contributed by atoms with E-state index in [4.69, 9.17) is 5.11 Å². The molecule has 6 nitrogen and oxygen atoms in total. The van der Waals surface area contributed by atoms with Gasteiger partial charge in [0.25, 0.3) is 0 Å². The van der Waals surface area contributed by atoms with Gasteiger partial charge in [-0.25, -0.2) is 0 Å². The Hall–Kier alpha value is -1.76. The number of allylic oxidation sites excluding steroid dienone is 3. The van der Waals surface area contributed by atoms with Crippen molar-refractivity contribution in [2.24, 2.45) is 0 Å². The molecular weight excluding hydrogens is 280 g/mol. The Labute approximate surface area is 121 Å². The molecule has 0 saturated heterocycles. The van der Waals surface area contributed by atoms with Gasteiger partial charge < -0.3 is 15.7 Å². The van der Waals surface area contributed by atoms with Gasteiger partial charge in [0.2, 0.25) is 11.8 Å². The summed E-state index contributed by atoms with van der Waals surface area (Å²) in [4.78, 5) is 33.4. The van der Waals surface area contributed by atoms with Crippen LogP contribution in [0.5, 0.6) is 0 Å². The SMILES string of the molecule is CC(=O)N[C@@H](CSC1C=CC=CC1)C(=O)NCC(=O)O. The number of nitrogens with one attached hydrogen (secondary N) is 2. The van der Waals surface area contributed by atoms with Gasteiger partial charge in [0, 0.05) is 17.9 Å². The summed E-state index contributed by atoms with van der Waals surface area (Å²) in [6, 6.07) is -0.726. The largest absolute Gasteiger partial charge is 0.480 e. The number of aliphatic carboxylic acids is 1. The molecule has 0 heterocycles. The number of rotatable bonds is 7. The van der Waals surface area contributed by atoms with Gasteiger partial charge in [-0.15, -0.1) is 0 Å². The van der Waals surface area contributed by atoms with E-state index in [1.54, 1.807) is 11.8 Å². The van der Waals surface area contributed by atoms with E-state index in [2.05, 4.69) is 10.6 Å². The highest BCUT2D eigenvalue weighted by Crippen LogP contribution is 2.20. The van der Waals surface area contributed by atoms with Crippen LogP contribution in [0.2, 0.25) is 0 Å². The number of carboxylic acid groups (broad SMARTS) is 1. The zero-order valence-electron chi connectivity index (χ0n) is 11.2. The average Bonchev–Trinajstić information content (AvgIpc) is 2.41.